The number of pyridine rings is 2. The summed E-state index contributed by atoms with van der Waals surface area (Å²) in [6.45, 7) is 1.99. The standard InChI is InChI=1S/C11H10N6/c1-6-2-10(12)13-5-8(6)7-3-9-11(14-4-7)16-17-15-9/h2-5H,1H3,(H2,12,13)(H,14,15,16,17). The van der Waals surface area contributed by atoms with Gasteiger partial charge in [-0.3, -0.25) is 0 Å². The van der Waals surface area contributed by atoms with Crippen molar-refractivity contribution in [1.82, 2.24) is 25.4 Å². The Morgan fingerprint density at radius 3 is 2.82 bits per heavy atom. The number of hydrogen-bond acceptors (Lipinski definition) is 5. The summed E-state index contributed by atoms with van der Waals surface area (Å²) in [5.41, 5.74) is 9.98. The topological polar surface area (TPSA) is 93.4 Å². The second-order valence-corrected chi connectivity index (χ2v) is 3.81. The van der Waals surface area contributed by atoms with Crippen molar-refractivity contribution in [1.29, 1.82) is 0 Å². The molecule has 0 bridgehead atoms. The first-order valence-corrected chi connectivity index (χ1v) is 5.13. The third-order valence-corrected chi connectivity index (χ3v) is 2.62. The molecule has 3 rings (SSSR count). The minimum Gasteiger partial charge on any atom is -0.384 e. The van der Waals surface area contributed by atoms with E-state index in [1.54, 1.807) is 12.4 Å². The Hall–Kier alpha value is -2.50. The van der Waals surface area contributed by atoms with E-state index in [0.29, 0.717) is 11.5 Å². The third kappa shape index (κ3) is 1.59. The van der Waals surface area contributed by atoms with Crippen LogP contribution in [0.25, 0.3) is 22.3 Å². The van der Waals surface area contributed by atoms with Gasteiger partial charge in [0, 0.05) is 23.5 Å². The largest absolute Gasteiger partial charge is 0.384 e. The normalized spacial score (nSPS) is 10.9. The molecule has 0 radical (unpaired) electrons. The van der Waals surface area contributed by atoms with Crippen LogP contribution in [0.1, 0.15) is 5.56 Å². The number of aromatic nitrogens is 5. The van der Waals surface area contributed by atoms with E-state index in [2.05, 4.69) is 25.4 Å². The molecule has 0 aliphatic rings. The molecule has 0 spiro atoms. The average molecular weight is 226 g/mol. The highest BCUT2D eigenvalue weighted by Gasteiger charge is 2.06. The second-order valence-electron chi connectivity index (χ2n) is 3.81. The highest BCUT2D eigenvalue weighted by molar-refractivity contribution is 5.78. The number of anilines is 1. The van der Waals surface area contributed by atoms with Gasteiger partial charge in [-0.05, 0) is 24.6 Å². The van der Waals surface area contributed by atoms with E-state index in [1.807, 2.05) is 19.1 Å². The third-order valence-electron chi connectivity index (χ3n) is 2.62. The molecule has 17 heavy (non-hydrogen) atoms. The number of nitrogens with one attached hydrogen (secondary N) is 1. The zero-order valence-electron chi connectivity index (χ0n) is 9.18. The van der Waals surface area contributed by atoms with Gasteiger partial charge in [0.1, 0.15) is 11.3 Å². The summed E-state index contributed by atoms with van der Waals surface area (Å²) in [5.74, 6) is 0.515. The van der Waals surface area contributed by atoms with Crippen LogP contribution in [0.4, 0.5) is 5.82 Å². The monoisotopic (exact) mass is 226 g/mol. The Bertz CT molecular complexity index is 687. The van der Waals surface area contributed by atoms with E-state index in [9.17, 15) is 0 Å². The lowest BCUT2D eigenvalue weighted by Gasteiger charge is -2.05. The van der Waals surface area contributed by atoms with Gasteiger partial charge in [0.15, 0.2) is 0 Å². The summed E-state index contributed by atoms with van der Waals surface area (Å²) in [6.07, 6.45) is 3.50. The van der Waals surface area contributed by atoms with Gasteiger partial charge in [-0.25, -0.2) is 9.97 Å². The van der Waals surface area contributed by atoms with Gasteiger partial charge >= 0.3 is 0 Å². The fourth-order valence-corrected chi connectivity index (χ4v) is 1.77. The first-order chi connectivity index (χ1) is 8.24. The van der Waals surface area contributed by atoms with Crippen LogP contribution in [0.3, 0.4) is 0 Å². The molecular weight excluding hydrogens is 216 g/mol. The zero-order chi connectivity index (χ0) is 11.8. The van der Waals surface area contributed by atoms with Crippen molar-refractivity contribution in [3.05, 3.63) is 30.1 Å². The van der Waals surface area contributed by atoms with Gasteiger partial charge in [0.25, 0.3) is 0 Å². The van der Waals surface area contributed by atoms with Crippen molar-refractivity contribution in [3.63, 3.8) is 0 Å². The van der Waals surface area contributed by atoms with Gasteiger partial charge in [-0.1, -0.05) is 0 Å². The summed E-state index contributed by atoms with van der Waals surface area (Å²) in [4.78, 5) is 8.31. The number of fused-ring (bicyclic) bond motifs is 1. The van der Waals surface area contributed by atoms with Crippen LogP contribution in [0.5, 0.6) is 0 Å². The highest BCUT2D eigenvalue weighted by Crippen LogP contribution is 2.24. The number of H-pyrrole nitrogens is 1. The Labute approximate surface area is 96.9 Å². The fraction of sp³-hybridized carbons (Fsp3) is 0.0909. The molecule has 6 heteroatoms. The number of nitrogens with two attached hydrogens (primary N) is 1. The molecule has 84 valence electrons. The Kier molecular flexibility index (Phi) is 2.01. The van der Waals surface area contributed by atoms with E-state index in [1.165, 1.54) is 0 Å². The minimum absolute atomic E-state index is 0.515. The van der Waals surface area contributed by atoms with Crippen LogP contribution in [0, 0.1) is 6.92 Å². The predicted molar refractivity (Wildman–Crippen MR) is 64.1 cm³/mol. The summed E-state index contributed by atoms with van der Waals surface area (Å²) < 4.78 is 0. The van der Waals surface area contributed by atoms with Crippen LogP contribution in [0.15, 0.2) is 24.5 Å². The van der Waals surface area contributed by atoms with Crippen LogP contribution in [-0.4, -0.2) is 25.4 Å². The van der Waals surface area contributed by atoms with Crippen molar-refractivity contribution in [3.8, 4) is 11.1 Å². The average Bonchev–Trinajstić information content (AvgIpc) is 2.75. The summed E-state index contributed by atoms with van der Waals surface area (Å²) in [5, 5.41) is 10.5. The maximum atomic E-state index is 5.63. The van der Waals surface area contributed by atoms with E-state index in [0.717, 1.165) is 22.2 Å². The molecule has 3 aromatic rings. The number of nitrogen functional groups attached to an aromatic ring is 1. The van der Waals surface area contributed by atoms with Crippen LogP contribution >= 0.6 is 0 Å². The van der Waals surface area contributed by atoms with Crippen molar-refractivity contribution < 1.29 is 0 Å². The molecule has 6 nitrogen and oxygen atoms in total. The molecular formula is C11H10N6. The lowest BCUT2D eigenvalue weighted by molar-refractivity contribution is 0.954. The number of nitrogens with zero attached hydrogens (tertiary/aromatic N) is 4. The van der Waals surface area contributed by atoms with E-state index in [4.69, 9.17) is 5.73 Å². The summed E-state index contributed by atoms with van der Waals surface area (Å²) in [7, 11) is 0. The Balaban J connectivity index is 2.19. The Morgan fingerprint density at radius 1 is 1.12 bits per heavy atom. The van der Waals surface area contributed by atoms with E-state index in [-0.39, 0.29) is 0 Å². The number of aryl methyl sites for hydroxylation is 1. The van der Waals surface area contributed by atoms with Crippen LogP contribution < -0.4 is 5.73 Å². The predicted octanol–water partition coefficient (Wildman–Crippen LogP) is 1.31. The molecule has 3 N–H and O–H groups in total. The van der Waals surface area contributed by atoms with Gasteiger partial charge in [0.2, 0.25) is 5.65 Å². The van der Waals surface area contributed by atoms with Gasteiger partial charge in [-0.2, -0.15) is 10.3 Å². The first kappa shape index (κ1) is 9.71. The second kappa shape index (κ2) is 3.51. The lowest BCUT2D eigenvalue weighted by atomic mass is 10.0. The van der Waals surface area contributed by atoms with Crippen molar-refractivity contribution in [2.75, 3.05) is 5.73 Å². The first-order valence-electron chi connectivity index (χ1n) is 5.13. The van der Waals surface area contributed by atoms with Crippen molar-refractivity contribution in [2.45, 2.75) is 6.92 Å². The Morgan fingerprint density at radius 2 is 2.00 bits per heavy atom. The van der Waals surface area contributed by atoms with E-state index < -0.39 is 0 Å². The molecule has 0 aromatic carbocycles. The van der Waals surface area contributed by atoms with Crippen LogP contribution in [0.2, 0.25) is 0 Å². The maximum absolute atomic E-state index is 5.63. The molecule has 0 amide bonds. The summed E-state index contributed by atoms with van der Waals surface area (Å²) >= 11 is 0. The van der Waals surface area contributed by atoms with Gasteiger partial charge in [-0.15, -0.1) is 5.10 Å². The smallest absolute Gasteiger partial charge is 0.201 e. The quantitative estimate of drug-likeness (QED) is 0.652. The zero-order valence-corrected chi connectivity index (χ0v) is 9.18. The number of rotatable bonds is 1. The molecule has 0 atom stereocenters. The van der Waals surface area contributed by atoms with Crippen LogP contribution in [-0.2, 0) is 0 Å². The maximum Gasteiger partial charge on any atom is 0.201 e. The molecule has 3 aromatic heterocycles. The summed E-state index contributed by atoms with van der Waals surface area (Å²) in [6, 6.07) is 3.76. The molecule has 0 aliphatic carbocycles. The number of aromatic amines is 1. The molecule has 0 saturated heterocycles. The van der Waals surface area contributed by atoms with E-state index >= 15 is 0 Å². The lowest BCUT2D eigenvalue weighted by Crippen LogP contribution is -1.93. The highest BCUT2D eigenvalue weighted by atomic mass is 15.3. The molecule has 0 fully saturated rings. The molecule has 3 heterocycles. The van der Waals surface area contributed by atoms with Crippen molar-refractivity contribution >= 4 is 17.0 Å². The number of hydrogen-bond donors (Lipinski definition) is 2. The minimum atomic E-state index is 0.515. The molecule has 0 aliphatic heterocycles. The molecule has 0 saturated carbocycles. The van der Waals surface area contributed by atoms with Gasteiger partial charge in [0.05, 0.1) is 0 Å². The fourth-order valence-electron chi connectivity index (χ4n) is 1.77. The van der Waals surface area contributed by atoms with Crippen molar-refractivity contribution in [2.24, 2.45) is 0 Å². The van der Waals surface area contributed by atoms with Gasteiger partial charge < -0.3 is 5.73 Å². The molecule has 0 unspecified atom stereocenters. The SMILES string of the molecule is Cc1cc(N)ncc1-c1cnc2n[nH]nc2c1.